The van der Waals surface area contributed by atoms with Gasteiger partial charge in [-0.1, -0.05) is 6.92 Å². The fraction of sp³-hybridized carbons (Fsp3) is 0.333. The minimum Gasteiger partial charge on any atom is -0.472 e. The zero-order chi connectivity index (χ0) is 11.2. The van der Waals surface area contributed by atoms with Gasteiger partial charge in [0.25, 0.3) is 0 Å². The van der Waals surface area contributed by atoms with Crippen LogP contribution < -0.4 is 5.32 Å². The molecule has 0 aliphatic heterocycles. The predicted octanol–water partition coefficient (Wildman–Crippen LogP) is 2.16. The maximum atomic E-state index is 5.10. The fourth-order valence-corrected chi connectivity index (χ4v) is 1.55. The van der Waals surface area contributed by atoms with E-state index >= 15 is 0 Å². The summed E-state index contributed by atoms with van der Waals surface area (Å²) in [5, 5.41) is 3.40. The molecule has 0 radical (unpaired) electrons. The molecule has 0 spiro atoms. The van der Waals surface area contributed by atoms with Gasteiger partial charge >= 0.3 is 0 Å². The quantitative estimate of drug-likeness (QED) is 0.833. The second-order valence-corrected chi connectivity index (χ2v) is 3.55. The molecule has 4 nitrogen and oxygen atoms in total. The van der Waals surface area contributed by atoms with Gasteiger partial charge in [-0.15, -0.1) is 0 Å². The Labute approximate surface area is 94.7 Å². The molecule has 0 amide bonds. The highest BCUT2D eigenvalue weighted by Crippen LogP contribution is 2.18. The van der Waals surface area contributed by atoms with Crippen molar-refractivity contribution in [1.82, 2.24) is 15.3 Å². The third-order valence-corrected chi connectivity index (χ3v) is 2.32. The summed E-state index contributed by atoms with van der Waals surface area (Å²) in [5.41, 5.74) is 1.06. The van der Waals surface area contributed by atoms with Crippen LogP contribution in [-0.4, -0.2) is 16.5 Å². The second kappa shape index (κ2) is 5.42. The number of nitrogens with one attached hydrogen (secondary N) is 1. The molecule has 2 heterocycles. The van der Waals surface area contributed by atoms with E-state index in [1.54, 1.807) is 24.9 Å². The number of hydrogen-bond donors (Lipinski definition) is 1. The van der Waals surface area contributed by atoms with Gasteiger partial charge in [-0.3, -0.25) is 0 Å². The Kier molecular flexibility index (Phi) is 3.66. The van der Waals surface area contributed by atoms with Crippen molar-refractivity contribution in [2.75, 3.05) is 6.54 Å². The van der Waals surface area contributed by atoms with E-state index in [1.807, 2.05) is 12.1 Å². The van der Waals surface area contributed by atoms with Crippen LogP contribution in [0.1, 0.15) is 30.8 Å². The van der Waals surface area contributed by atoms with Gasteiger partial charge in [0.15, 0.2) is 0 Å². The number of aromatic nitrogens is 2. The van der Waals surface area contributed by atoms with Crippen LogP contribution in [0.4, 0.5) is 0 Å². The third-order valence-electron chi connectivity index (χ3n) is 2.32. The van der Waals surface area contributed by atoms with E-state index in [2.05, 4.69) is 22.2 Å². The van der Waals surface area contributed by atoms with Crippen LogP contribution in [0.5, 0.6) is 0 Å². The highest BCUT2D eigenvalue weighted by molar-refractivity contribution is 5.19. The Morgan fingerprint density at radius 2 is 2.19 bits per heavy atom. The number of rotatable bonds is 5. The number of hydrogen-bond acceptors (Lipinski definition) is 4. The van der Waals surface area contributed by atoms with Crippen LogP contribution in [-0.2, 0) is 0 Å². The van der Waals surface area contributed by atoms with Crippen molar-refractivity contribution in [3.8, 4) is 0 Å². The number of furan rings is 1. The minimum atomic E-state index is 0.0138. The van der Waals surface area contributed by atoms with Gasteiger partial charge in [-0.25, -0.2) is 9.97 Å². The highest BCUT2D eigenvalue weighted by Gasteiger charge is 2.16. The molecule has 0 aliphatic carbocycles. The van der Waals surface area contributed by atoms with E-state index < -0.39 is 0 Å². The van der Waals surface area contributed by atoms with Crippen molar-refractivity contribution >= 4 is 0 Å². The largest absolute Gasteiger partial charge is 0.472 e. The molecule has 1 atom stereocenters. The van der Waals surface area contributed by atoms with Crippen LogP contribution in [0.3, 0.4) is 0 Å². The van der Waals surface area contributed by atoms with Gasteiger partial charge < -0.3 is 9.73 Å². The van der Waals surface area contributed by atoms with E-state index in [1.165, 1.54) is 0 Å². The molecule has 84 valence electrons. The van der Waals surface area contributed by atoms with Gasteiger partial charge in [0.05, 0.1) is 18.6 Å². The summed E-state index contributed by atoms with van der Waals surface area (Å²) >= 11 is 0. The Morgan fingerprint density at radius 3 is 2.81 bits per heavy atom. The van der Waals surface area contributed by atoms with E-state index in [4.69, 9.17) is 4.42 Å². The van der Waals surface area contributed by atoms with Crippen LogP contribution in [0.2, 0.25) is 0 Å². The monoisotopic (exact) mass is 217 g/mol. The third kappa shape index (κ3) is 2.46. The van der Waals surface area contributed by atoms with Gasteiger partial charge in [-0.2, -0.15) is 0 Å². The summed E-state index contributed by atoms with van der Waals surface area (Å²) in [6.07, 6.45) is 7.97. The van der Waals surface area contributed by atoms with Crippen molar-refractivity contribution in [2.24, 2.45) is 0 Å². The summed E-state index contributed by atoms with van der Waals surface area (Å²) in [7, 11) is 0. The Bertz CT molecular complexity index is 399. The molecule has 1 N–H and O–H groups in total. The normalized spacial score (nSPS) is 12.6. The first-order valence-electron chi connectivity index (χ1n) is 5.44. The molecule has 16 heavy (non-hydrogen) atoms. The van der Waals surface area contributed by atoms with Gasteiger partial charge in [0.2, 0.25) is 0 Å². The first-order valence-corrected chi connectivity index (χ1v) is 5.44. The summed E-state index contributed by atoms with van der Waals surface area (Å²) in [5.74, 6) is 0.775. The van der Waals surface area contributed by atoms with Gasteiger partial charge in [-0.05, 0) is 25.1 Å². The van der Waals surface area contributed by atoms with E-state index in [9.17, 15) is 0 Å². The SMILES string of the molecule is CCCNC(c1ccoc1)c1ncccn1. The van der Waals surface area contributed by atoms with Crippen LogP contribution in [0.15, 0.2) is 41.5 Å². The highest BCUT2D eigenvalue weighted by atomic mass is 16.3. The second-order valence-electron chi connectivity index (χ2n) is 3.55. The first kappa shape index (κ1) is 10.8. The Hall–Kier alpha value is -1.68. The van der Waals surface area contributed by atoms with Crippen molar-refractivity contribution in [2.45, 2.75) is 19.4 Å². The Morgan fingerprint density at radius 1 is 1.38 bits per heavy atom. The summed E-state index contributed by atoms with van der Waals surface area (Å²) in [6.45, 7) is 3.05. The summed E-state index contributed by atoms with van der Waals surface area (Å²) in [6, 6.07) is 3.76. The molecular formula is C12H15N3O. The molecule has 2 aromatic rings. The Balaban J connectivity index is 2.21. The lowest BCUT2D eigenvalue weighted by Gasteiger charge is -2.14. The fourth-order valence-electron chi connectivity index (χ4n) is 1.55. The number of nitrogens with zero attached hydrogens (tertiary/aromatic N) is 2. The molecule has 1 unspecified atom stereocenters. The molecule has 2 rings (SSSR count). The van der Waals surface area contributed by atoms with Crippen molar-refractivity contribution < 1.29 is 4.42 Å². The molecule has 2 aromatic heterocycles. The topological polar surface area (TPSA) is 51.0 Å². The average Bonchev–Trinajstić information content (AvgIpc) is 2.85. The lowest BCUT2D eigenvalue weighted by Crippen LogP contribution is -2.24. The molecule has 0 saturated heterocycles. The predicted molar refractivity (Wildman–Crippen MR) is 60.9 cm³/mol. The molecule has 0 aromatic carbocycles. The van der Waals surface area contributed by atoms with E-state index in [0.717, 1.165) is 24.4 Å². The van der Waals surface area contributed by atoms with Gasteiger partial charge in [0.1, 0.15) is 5.82 Å². The maximum Gasteiger partial charge on any atom is 0.149 e. The standard InChI is InChI=1S/C12H15N3O/c1-2-5-13-11(10-4-8-16-9-10)12-14-6-3-7-15-12/h3-4,6-9,11,13H,2,5H2,1H3. The smallest absolute Gasteiger partial charge is 0.149 e. The van der Waals surface area contributed by atoms with Crippen molar-refractivity contribution in [3.63, 3.8) is 0 Å². The van der Waals surface area contributed by atoms with Crippen LogP contribution in [0, 0.1) is 0 Å². The molecule has 0 saturated carbocycles. The van der Waals surface area contributed by atoms with E-state index in [0.29, 0.717) is 0 Å². The summed E-state index contributed by atoms with van der Waals surface area (Å²) in [4.78, 5) is 8.55. The lowest BCUT2D eigenvalue weighted by atomic mass is 10.1. The zero-order valence-electron chi connectivity index (χ0n) is 9.26. The molecular weight excluding hydrogens is 202 g/mol. The lowest BCUT2D eigenvalue weighted by molar-refractivity contribution is 0.539. The molecule has 0 bridgehead atoms. The summed E-state index contributed by atoms with van der Waals surface area (Å²) < 4.78 is 5.10. The van der Waals surface area contributed by atoms with E-state index in [-0.39, 0.29) is 6.04 Å². The molecule has 0 aliphatic rings. The van der Waals surface area contributed by atoms with Crippen LogP contribution >= 0.6 is 0 Å². The molecule has 0 fully saturated rings. The average molecular weight is 217 g/mol. The zero-order valence-corrected chi connectivity index (χ0v) is 9.26. The van der Waals surface area contributed by atoms with Gasteiger partial charge in [0, 0.05) is 18.0 Å². The van der Waals surface area contributed by atoms with Crippen LogP contribution in [0.25, 0.3) is 0 Å². The first-order chi connectivity index (χ1) is 7.92. The van der Waals surface area contributed by atoms with Crippen molar-refractivity contribution in [1.29, 1.82) is 0 Å². The maximum absolute atomic E-state index is 5.10. The molecule has 4 heteroatoms. The van der Waals surface area contributed by atoms with Crippen molar-refractivity contribution in [3.05, 3.63) is 48.4 Å². The minimum absolute atomic E-state index is 0.0138.